The van der Waals surface area contributed by atoms with Gasteiger partial charge in [0.05, 0.1) is 12.8 Å². The number of nitrogens with zero attached hydrogens (tertiary/aromatic N) is 3. The van der Waals surface area contributed by atoms with Crippen LogP contribution in [0, 0.1) is 0 Å². The summed E-state index contributed by atoms with van der Waals surface area (Å²) in [4.78, 5) is 23.9. The molecule has 2 aromatic heterocycles. The highest BCUT2D eigenvalue weighted by Gasteiger charge is 2.26. The fourth-order valence-corrected chi connectivity index (χ4v) is 3.44. The van der Waals surface area contributed by atoms with E-state index in [0.717, 1.165) is 41.6 Å². The maximum atomic E-state index is 13.3. The fourth-order valence-electron chi connectivity index (χ4n) is 3.44. The van der Waals surface area contributed by atoms with Gasteiger partial charge in [0.15, 0.2) is 5.69 Å². The molecular weight excluding hydrogens is 314 g/mol. The molecule has 0 unspecified atom stereocenters. The van der Waals surface area contributed by atoms with Crippen molar-refractivity contribution in [1.82, 2.24) is 9.97 Å². The van der Waals surface area contributed by atoms with Crippen LogP contribution in [0.15, 0.2) is 48.8 Å². The molecule has 1 aliphatic heterocycles. The van der Waals surface area contributed by atoms with Gasteiger partial charge in [-0.05, 0) is 43.5 Å². The Bertz CT molecular complexity index is 934. The maximum absolute atomic E-state index is 13.3. The molecule has 0 bridgehead atoms. The van der Waals surface area contributed by atoms with E-state index in [0.29, 0.717) is 17.8 Å². The number of aromatic nitrogens is 2. The summed E-state index contributed by atoms with van der Waals surface area (Å²) >= 11 is 0. The van der Waals surface area contributed by atoms with Crippen molar-refractivity contribution in [3.05, 3.63) is 60.0 Å². The first-order valence-corrected chi connectivity index (χ1v) is 8.47. The molecule has 0 radical (unpaired) electrons. The average molecular weight is 333 g/mol. The van der Waals surface area contributed by atoms with Gasteiger partial charge in [0, 0.05) is 29.9 Å². The summed E-state index contributed by atoms with van der Waals surface area (Å²) < 4.78 is 5.51. The maximum Gasteiger partial charge on any atom is 0.279 e. The number of fused-ring (bicyclic) bond motifs is 2. The van der Waals surface area contributed by atoms with E-state index in [1.807, 2.05) is 41.3 Å². The summed E-state index contributed by atoms with van der Waals surface area (Å²) in [7, 11) is 1.67. The number of carbonyl (C=O) groups is 1. The van der Waals surface area contributed by atoms with E-state index in [9.17, 15) is 4.79 Å². The van der Waals surface area contributed by atoms with Gasteiger partial charge < -0.3 is 9.64 Å². The molecule has 3 heterocycles. The molecule has 0 aliphatic carbocycles. The van der Waals surface area contributed by atoms with Crippen LogP contribution in [-0.2, 0) is 6.42 Å². The van der Waals surface area contributed by atoms with E-state index in [1.165, 1.54) is 0 Å². The Hall–Kier alpha value is -2.95. The van der Waals surface area contributed by atoms with E-state index in [-0.39, 0.29) is 5.91 Å². The van der Waals surface area contributed by atoms with Gasteiger partial charge in [0.25, 0.3) is 5.91 Å². The highest BCUT2D eigenvalue weighted by Crippen LogP contribution is 2.34. The van der Waals surface area contributed by atoms with Crippen LogP contribution in [0.3, 0.4) is 0 Å². The second kappa shape index (κ2) is 6.51. The Morgan fingerprint density at radius 2 is 2.00 bits per heavy atom. The Kier molecular flexibility index (Phi) is 4.06. The van der Waals surface area contributed by atoms with Crippen LogP contribution >= 0.6 is 0 Å². The number of hydrogen-bond donors (Lipinski definition) is 0. The summed E-state index contributed by atoms with van der Waals surface area (Å²) in [5.41, 5.74) is 3.04. The lowest BCUT2D eigenvalue weighted by Gasteiger charge is -2.23. The molecule has 0 saturated carbocycles. The zero-order valence-electron chi connectivity index (χ0n) is 14.1. The number of amides is 1. The topological polar surface area (TPSA) is 55.3 Å². The van der Waals surface area contributed by atoms with Crippen LogP contribution in [0.5, 0.6) is 5.75 Å². The summed E-state index contributed by atoms with van der Waals surface area (Å²) in [6.45, 7) is 0.671. The van der Waals surface area contributed by atoms with Crippen molar-refractivity contribution in [3.63, 3.8) is 0 Å². The highest BCUT2D eigenvalue weighted by molar-refractivity contribution is 6.12. The predicted octanol–water partition coefficient (Wildman–Crippen LogP) is 3.62. The quantitative estimate of drug-likeness (QED) is 0.719. The predicted molar refractivity (Wildman–Crippen MR) is 97.1 cm³/mol. The normalized spacial score (nSPS) is 14.0. The van der Waals surface area contributed by atoms with Gasteiger partial charge in [-0.3, -0.25) is 9.78 Å². The van der Waals surface area contributed by atoms with Crippen molar-refractivity contribution >= 4 is 22.5 Å². The first-order valence-electron chi connectivity index (χ1n) is 8.47. The summed E-state index contributed by atoms with van der Waals surface area (Å²) in [5, 5.41) is 0.918. The number of ether oxygens (including phenoxy) is 1. The number of pyridine rings is 2. The third-order valence-corrected chi connectivity index (χ3v) is 4.65. The molecule has 1 aliphatic rings. The minimum Gasteiger partial charge on any atom is -0.496 e. The first kappa shape index (κ1) is 15.6. The average Bonchev–Trinajstić information content (AvgIpc) is 2.89. The SMILES string of the molecule is COc1cccc2c1CCCCN2C(=O)c1nccc2cccnc12. The summed E-state index contributed by atoms with van der Waals surface area (Å²) in [5.74, 6) is 0.724. The van der Waals surface area contributed by atoms with E-state index < -0.39 is 0 Å². The molecule has 25 heavy (non-hydrogen) atoms. The number of hydrogen-bond acceptors (Lipinski definition) is 4. The number of benzene rings is 1. The Morgan fingerprint density at radius 1 is 1.08 bits per heavy atom. The molecule has 1 amide bonds. The second-order valence-electron chi connectivity index (χ2n) is 6.11. The van der Waals surface area contributed by atoms with Gasteiger partial charge >= 0.3 is 0 Å². The molecule has 0 saturated heterocycles. The molecule has 0 N–H and O–H groups in total. The van der Waals surface area contributed by atoms with Gasteiger partial charge in [-0.25, -0.2) is 4.98 Å². The lowest BCUT2D eigenvalue weighted by molar-refractivity contribution is 0.0984. The minimum atomic E-state index is -0.110. The zero-order valence-corrected chi connectivity index (χ0v) is 14.1. The van der Waals surface area contributed by atoms with Gasteiger partial charge in [-0.1, -0.05) is 12.1 Å². The van der Waals surface area contributed by atoms with E-state index in [1.54, 1.807) is 19.5 Å². The molecule has 0 fully saturated rings. The van der Waals surface area contributed by atoms with Crippen molar-refractivity contribution in [3.8, 4) is 5.75 Å². The number of carbonyl (C=O) groups excluding carboxylic acids is 1. The van der Waals surface area contributed by atoms with Gasteiger partial charge in [-0.15, -0.1) is 0 Å². The van der Waals surface area contributed by atoms with Crippen molar-refractivity contribution in [2.24, 2.45) is 0 Å². The molecule has 0 spiro atoms. The molecule has 4 rings (SSSR count). The second-order valence-corrected chi connectivity index (χ2v) is 6.11. The minimum absolute atomic E-state index is 0.110. The smallest absolute Gasteiger partial charge is 0.279 e. The van der Waals surface area contributed by atoms with Gasteiger partial charge in [-0.2, -0.15) is 0 Å². The highest BCUT2D eigenvalue weighted by atomic mass is 16.5. The lowest BCUT2D eigenvalue weighted by atomic mass is 10.1. The van der Waals surface area contributed by atoms with Crippen molar-refractivity contribution in [2.45, 2.75) is 19.3 Å². The third kappa shape index (κ3) is 2.71. The first-order chi connectivity index (χ1) is 12.3. The molecule has 1 aromatic carbocycles. The standard InChI is InChI=1S/C20H19N3O2/c1-25-17-9-4-8-16-15(17)7-2-3-13-23(16)20(24)19-18-14(10-12-22-19)6-5-11-21-18/h4-6,8-12H,2-3,7,13H2,1H3. The van der Waals surface area contributed by atoms with Crippen LogP contribution in [0.1, 0.15) is 28.9 Å². The summed E-state index contributed by atoms with van der Waals surface area (Å²) in [6, 6.07) is 11.5. The number of methoxy groups -OCH3 is 1. The number of rotatable bonds is 2. The molecular formula is C20H19N3O2. The van der Waals surface area contributed by atoms with E-state index >= 15 is 0 Å². The van der Waals surface area contributed by atoms with Crippen molar-refractivity contribution in [1.29, 1.82) is 0 Å². The zero-order chi connectivity index (χ0) is 17.2. The van der Waals surface area contributed by atoms with Crippen LogP contribution in [0.4, 0.5) is 5.69 Å². The lowest BCUT2D eigenvalue weighted by Crippen LogP contribution is -2.32. The van der Waals surface area contributed by atoms with E-state index in [4.69, 9.17) is 4.74 Å². The van der Waals surface area contributed by atoms with Crippen LogP contribution in [0.2, 0.25) is 0 Å². The molecule has 126 valence electrons. The molecule has 0 atom stereocenters. The molecule has 3 aromatic rings. The van der Waals surface area contributed by atoms with E-state index in [2.05, 4.69) is 9.97 Å². The van der Waals surface area contributed by atoms with Crippen molar-refractivity contribution in [2.75, 3.05) is 18.6 Å². The number of anilines is 1. The molecule has 5 nitrogen and oxygen atoms in total. The third-order valence-electron chi connectivity index (χ3n) is 4.65. The van der Waals surface area contributed by atoms with Crippen LogP contribution < -0.4 is 9.64 Å². The fraction of sp³-hybridized carbons (Fsp3) is 0.250. The Morgan fingerprint density at radius 3 is 2.88 bits per heavy atom. The van der Waals surface area contributed by atoms with Gasteiger partial charge in [0.1, 0.15) is 11.3 Å². The summed E-state index contributed by atoms with van der Waals surface area (Å²) in [6.07, 6.45) is 6.24. The molecule has 5 heteroatoms. The Balaban J connectivity index is 1.83. The van der Waals surface area contributed by atoms with Crippen molar-refractivity contribution < 1.29 is 9.53 Å². The van der Waals surface area contributed by atoms with Gasteiger partial charge in [0.2, 0.25) is 0 Å². The van der Waals surface area contributed by atoms with Crippen LogP contribution in [-0.4, -0.2) is 29.5 Å². The largest absolute Gasteiger partial charge is 0.496 e. The van der Waals surface area contributed by atoms with Crippen LogP contribution in [0.25, 0.3) is 10.9 Å². The Labute approximate surface area is 146 Å². The monoisotopic (exact) mass is 333 g/mol.